The Hall–Kier alpha value is -2.35. The highest BCUT2D eigenvalue weighted by atomic mass is 35.5. The van der Waals surface area contributed by atoms with Gasteiger partial charge in [-0.25, -0.2) is 0 Å². The topological polar surface area (TPSA) is 62.1 Å². The van der Waals surface area contributed by atoms with Crippen molar-refractivity contribution in [1.29, 1.82) is 0 Å². The molecule has 1 aromatic heterocycles. The fourth-order valence-electron chi connectivity index (χ4n) is 2.87. The molecule has 8 heteroatoms. The minimum absolute atomic E-state index is 0.128. The standard InChI is InChI=1S/C19H17ClN2O4S/c1-24-10-9-22-17-12(20)5-4-8-16(17)27-19(22)21-18(23)15-11-25-13-6-2-3-7-14(13)26-15/h2-8,15H,9-11H2,1H3/t15-/m1/s1. The number of aromatic nitrogens is 1. The van der Waals surface area contributed by atoms with Crippen LogP contribution in [-0.2, 0) is 16.1 Å². The molecular weight excluding hydrogens is 388 g/mol. The number of carbonyl (C=O) groups excluding carboxylic acids is 1. The molecule has 140 valence electrons. The second kappa shape index (κ2) is 7.72. The van der Waals surface area contributed by atoms with E-state index in [0.29, 0.717) is 34.5 Å². The molecule has 1 aliphatic heterocycles. The average molecular weight is 405 g/mol. The maximum absolute atomic E-state index is 12.7. The number of thiazole rings is 1. The van der Waals surface area contributed by atoms with Gasteiger partial charge in [0.1, 0.15) is 6.61 Å². The van der Waals surface area contributed by atoms with Crippen LogP contribution in [0.15, 0.2) is 47.5 Å². The van der Waals surface area contributed by atoms with Gasteiger partial charge in [0.25, 0.3) is 5.91 Å². The van der Waals surface area contributed by atoms with Crippen molar-refractivity contribution in [2.24, 2.45) is 4.99 Å². The van der Waals surface area contributed by atoms with Crippen LogP contribution in [-0.4, -0.2) is 36.9 Å². The van der Waals surface area contributed by atoms with Crippen molar-refractivity contribution in [1.82, 2.24) is 4.57 Å². The lowest BCUT2D eigenvalue weighted by molar-refractivity contribution is -0.127. The molecule has 1 aliphatic rings. The first kappa shape index (κ1) is 18.0. The van der Waals surface area contributed by atoms with Gasteiger partial charge in [0.15, 0.2) is 16.3 Å². The van der Waals surface area contributed by atoms with Gasteiger partial charge in [0.2, 0.25) is 6.10 Å². The number of methoxy groups -OCH3 is 1. The molecular formula is C19H17ClN2O4S. The molecule has 0 radical (unpaired) electrons. The van der Waals surface area contributed by atoms with Crippen LogP contribution in [0.1, 0.15) is 0 Å². The van der Waals surface area contributed by atoms with E-state index in [0.717, 1.165) is 10.2 Å². The van der Waals surface area contributed by atoms with E-state index in [1.54, 1.807) is 19.2 Å². The maximum Gasteiger partial charge on any atom is 0.292 e. The molecule has 0 spiro atoms. The second-order valence-corrected chi connectivity index (χ2v) is 7.35. The Bertz CT molecular complexity index is 1060. The average Bonchev–Trinajstić information content (AvgIpc) is 3.04. The number of benzene rings is 2. The quantitative estimate of drug-likeness (QED) is 0.669. The third-order valence-electron chi connectivity index (χ3n) is 4.16. The molecule has 1 amide bonds. The zero-order valence-corrected chi connectivity index (χ0v) is 16.1. The van der Waals surface area contributed by atoms with Crippen molar-refractivity contribution in [3.8, 4) is 11.5 Å². The summed E-state index contributed by atoms with van der Waals surface area (Å²) in [5, 5.41) is 0.611. The van der Waals surface area contributed by atoms with Crippen LogP contribution in [0.4, 0.5) is 0 Å². The smallest absolute Gasteiger partial charge is 0.292 e. The zero-order chi connectivity index (χ0) is 18.8. The Kier molecular flexibility index (Phi) is 5.15. The number of ether oxygens (including phenoxy) is 3. The van der Waals surface area contributed by atoms with Gasteiger partial charge in [-0.2, -0.15) is 4.99 Å². The number of para-hydroxylation sites is 3. The van der Waals surface area contributed by atoms with Crippen molar-refractivity contribution in [3.63, 3.8) is 0 Å². The monoisotopic (exact) mass is 404 g/mol. The van der Waals surface area contributed by atoms with E-state index in [1.807, 2.05) is 34.9 Å². The van der Waals surface area contributed by atoms with E-state index in [-0.39, 0.29) is 6.61 Å². The SMILES string of the molecule is COCCn1c(=NC(=O)[C@H]2COc3ccccc3O2)sc2cccc(Cl)c21. The van der Waals surface area contributed by atoms with E-state index < -0.39 is 12.0 Å². The van der Waals surface area contributed by atoms with Crippen LogP contribution in [0.3, 0.4) is 0 Å². The number of rotatable bonds is 4. The molecule has 27 heavy (non-hydrogen) atoms. The van der Waals surface area contributed by atoms with Crippen molar-refractivity contribution in [3.05, 3.63) is 52.3 Å². The van der Waals surface area contributed by atoms with Crippen LogP contribution < -0.4 is 14.3 Å². The van der Waals surface area contributed by atoms with Gasteiger partial charge in [0.05, 0.1) is 21.8 Å². The fraction of sp³-hybridized carbons (Fsp3) is 0.263. The summed E-state index contributed by atoms with van der Waals surface area (Å²) in [6, 6.07) is 12.9. The molecule has 0 saturated carbocycles. The number of nitrogens with zero attached hydrogens (tertiary/aromatic N) is 2. The van der Waals surface area contributed by atoms with Gasteiger partial charge in [-0.1, -0.05) is 41.1 Å². The summed E-state index contributed by atoms with van der Waals surface area (Å²) in [6.45, 7) is 1.15. The molecule has 0 bridgehead atoms. The molecule has 2 heterocycles. The normalized spacial score (nSPS) is 16.7. The molecule has 4 rings (SSSR count). The lowest BCUT2D eigenvalue weighted by Crippen LogP contribution is -2.37. The molecule has 0 aliphatic carbocycles. The van der Waals surface area contributed by atoms with Crippen molar-refractivity contribution in [2.75, 3.05) is 20.3 Å². The van der Waals surface area contributed by atoms with Crippen LogP contribution in [0.5, 0.6) is 11.5 Å². The summed E-state index contributed by atoms with van der Waals surface area (Å²) in [7, 11) is 1.63. The van der Waals surface area contributed by atoms with Crippen molar-refractivity contribution >= 4 is 39.1 Å². The third-order valence-corrected chi connectivity index (χ3v) is 5.51. The minimum Gasteiger partial charge on any atom is -0.485 e. The highest BCUT2D eigenvalue weighted by Gasteiger charge is 2.27. The molecule has 2 aromatic carbocycles. The summed E-state index contributed by atoms with van der Waals surface area (Å²) >= 11 is 7.78. The molecule has 0 fully saturated rings. The Morgan fingerprint density at radius 2 is 2.11 bits per heavy atom. The molecule has 0 saturated heterocycles. The highest BCUT2D eigenvalue weighted by Crippen LogP contribution is 2.31. The number of fused-ring (bicyclic) bond motifs is 2. The first-order valence-corrected chi connectivity index (χ1v) is 9.60. The summed E-state index contributed by atoms with van der Waals surface area (Å²) in [5.41, 5.74) is 0.846. The first-order chi connectivity index (χ1) is 13.2. The Balaban J connectivity index is 1.70. The van der Waals surface area contributed by atoms with Gasteiger partial charge in [-0.15, -0.1) is 0 Å². The zero-order valence-electron chi connectivity index (χ0n) is 14.6. The van der Waals surface area contributed by atoms with Crippen molar-refractivity contribution < 1.29 is 19.0 Å². The largest absolute Gasteiger partial charge is 0.485 e. The lowest BCUT2D eigenvalue weighted by atomic mass is 10.2. The first-order valence-electron chi connectivity index (χ1n) is 8.41. The van der Waals surface area contributed by atoms with Crippen LogP contribution >= 0.6 is 22.9 Å². The summed E-state index contributed by atoms with van der Waals surface area (Å²) in [4.78, 5) is 17.6. The van der Waals surface area contributed by atoms with Gasteiger partial charge in [-0.05, 0) is 24.3 Å². The molecule has 0 N–H and O–H groups in total. The van der Waals surface area contributed by atoms with E-state index in [9.17, 15) is 4.79 Å². The number of hydrogen-bond donors (Lipinski definition) is 0. The Morgan fingerprint density at radius 1 is 1.30 bits per heavy atom. The van der Waals surface area contributed by atoms with Crippen LogP contribution in [0, 0.1) is 0 Å². The van der Waals surface area contributed by atoms with E-state index in [2.05, 4.69) is 4.99 Å². The van der Waals surface area contributed by atoms with E-state index in [4.69, 9.17) is 25.8 Å². The lowest BCUT2D eigenvalue weighted by Gasteiger charge is -2.23. The van der Waals surface area contributed by atoms with Gasteiger partial charge < -0.3 is 18.8 Å². The van der Waals surface area contributed by atoms with Gasteiger partial charge in [0, 0.05) is 13.7 Å². The Labute approximate surface area is 164 Å². The van der Waals surface area contributed by atoms with Crippen molar-refractivity contribution in [2.45, 2.75) is 12.6 Å². The molecule has 1 atom stereocenters. The summed E-state index contributed by atoms with van der Waals surface area (Å²) < 4.78 is 19.4. The summed E-state index contributed by atoms with van der Waals surface area (Å²) in [6.07, 6.45) is -0.781. The third kappa shape index (κ3) is 3.58. The molecule has 0 unspecified atom stereocenters. The maximum atomic E-state index is 12.7. The Morgan fingerprint density at radius 3 is 2.93 bits per heavy atom. The molecule has 3 aromatic rings. The second-order valence-electron chi connectivity index (χ2n) is 5.93. The number of amides is 1. The van der Waals surface area contributed by atoms with E-state index in [1.165, 1.54) is 11.3 Å². The number of hydrogen-bond acceptors (Lipinski definition) is 5. The number of carbonyl (C=O) groups is 1. The van der Waals surface area contributed by atoms with Gasteiger partial charge in [-0.3, -0.25) is 4.79 Å². The molecule has 6 nitrogen and oxygen atoms in total. The number of halogens is 1. The van der Waals surface area contributed by atoms with Crippen LogP contribution in [0.25, 0.3) is 10.2 Å². The van der Waals surface area contributed by atoms with Crippen LogP contribution in [0.2, 0.25) is 5.02 Å². The van der Waals surface area contributed by atoms with Gasteiger partial charge >= 0.3 is 0 Å². The summed E-state index contributed by atoms with van der Waals surface area (Å²) in [5.74, 6) is 0.785. The predicted molar refractivity (Wildman–Crippen MR) is 104 cm³/mol. The predicted octanol–water partition coefficient (Wildman–Crippen LogP) is 3.27. The fourth-order valence-corrected chi connectivity index (χ4v) is 4.29. The van der Waals surface area contributed by atoms with E-state index >= 15 is 0 Å². The minimum atomic E-state index is -0.781. The highest BCUT2D eigenvalue weighted by molar-refractivity contribution is 7.16.